The summed E-state index contributed by atoms with van der Waals surface area (Å²) in [7, 11) is 4.20. The highest BCUT2D eigenvalue weighted by Crippen LogP contribution is 2.21. The van der Waals surface area contributed by atoms with Gasteiger partial charge in [-0.3, -0.25) is 0 Å². The summed E-state index contributed by atoms with van der Waals surface area (Å²) in [5.41, 5.74) is 6.43. The Kier molecular flexibility index (Phi) is 3.74. The number of nitrogens with zero attached hydrogens (tertiary/aromatic N) is 3. The number of nitrogens with two attached hydrogens (primary N) is 1. The molecule has 1 unspecified atom stereocenters. The monoisotopic (exact) mass is 254 g/mol. The van der Waals surface area contributed by atoms with Crippen LogP contribution in [0, 0.1) is 5.92 Å². The molecule has 1 aliphatic rings. The van der Waals surface area contributed by atoms with Gasteiger partial charge in [-0.25, -0.2) is 4.98 Å². The molecule has 0 saturated carbocycles. The molecule has 0 amide bonds. The molecule has 94 valence electrons. The summed E-state index contributed by atoms with van der Waals surface area (Å²) in [5, 5.41) is 0.454. The number of hydrogen-bond acceptors (Lipinski definition) is 4. The largest absolute Gasteiger partial charge is 0.399 e. The van der Waals surface area contributed by atoms with Crippen molar-refractivity contribution in [2.45, 2.75) is 6.42 Å². The molecule has 4 nitrogen and oxygen atoms in total. The minimum atomic E-state index is 0.454. The fourth-order valence-corrected chi connectivity index (χ4v) is 2.57. The van der Waals surface area contributed by atoms with Gasteiger partial charge in [-0.1, -0.05) is 11.6 Å². The van der Waals surface area contributed by atoms with Crippen LogP contribution < -0.4 is 10.6 Å². The van der Waals surface area contributed by atoms with Gasteiger partial charge in [0.15, 0.2) is 0 Å². The molecule has 0 aromatic carbocycles. The zero-order chi connectivity index (χ0) is 12.4. The molecule has 2 heterocycles. The Hall–Kier alpha value is -1.00. The second-order valence-electron chi connectivity index (χ2n) is 4.88. The smallest absolute Gasteiger partial charge is 0.133 e. The normalized spacial score (nSPS) is 20.8. The van der Waals surface area contributed by atoms with E-state index in [1.54, 1.807) is 6.07 Å². The standard InChI is InChI=1S/C12H19ClN4/c1-16-4-3-9(7-16)8-17(2)12-6-10(14)5-11(13)15-12/h5-6,9H,3-4,7-8H2,1-2H3,(H2,14,15). The molecule has 0 spiro atoms. The molecule has 0 aliphatic carbocycles. The summed E-state index contributed by atoms with van der Waals surface area (Å²) in [5.74, 6) is 1.55. The number of rotatable bonds is 3. The first-order valence-corrected chi connectivity index (χ1v) is 6.25. The van der Waals surface area contributed by atoms with Crippen LogP contribution in [0.5, 0.6) is 0 Å². The average molecular weight is 255 g/mol. The lowest BCUT2D eigenvalue weighted by molar-refractivity contribution is 0.395. The van der Waals surface area contributed by atoms with E-state index in [1.807, 2.05) is 13.1 Å². The molecule has 1 fully saturated rings. The molecule has 1 aromatic rings. The SMILES string of the molecule is CN1CCC(CN(C)c2cc(N)cc(Cl)n2)C1. The number of aromatic nitrogens is 1. The van der Waals surface area contributed by atoms with Gasteiger partial charge in [0.25, 0.3) is 0 Å². The third-order valence-electron chi connectivity index (χ3n) is 3.21. The maximum Gasteiger partial charge on any atom is 0.133 e. The molecule has 17 heavy (non-hydrogen) atoms. The molecule has 1 saturated heterocycles. The van der Waals surface area contributed by atoms with Gasteiger partial charge in [0.2, 0.25) is 0 Å². The summed E-state index contributed by atoms with van der Waals surface area (Å²) >= 11 is 5.91. The van der Waals surface area contributed by atoms with Crippen LogP contribution >= 0.6 is 11.6 Å². The van der Waals surface area contributed by atoms with Crippen molar-refractivity contribution in [3.63, 3.8) is 0 Å². The molecule has 2 N–H and O–H groups in total. The molecular weight excluding hydrogens is 236 g/mol. The van der Waals surface area contributed by atoms with Gasteiger partial charge in [0, 0.05) is 31.9 Å². The number of likely N-dealkylation sites (tertiary alicyclic amines) is 1. The summed E-state index contributed by atoms with van der Waals surface area (Å²) in [6.45, 7) is 3.33. The molecule has 2 rings (SSSR count). The highest BCUT2D eigenvalue weighted by Gasteiger charge is 2.21. The number of hydrogen-bond donors (Lipinski definition) is 1. The van der Waals surface area contributed by atoms with E-state index in [1.165, 1.54) is 13.0 Å². The fourth-order valence-electron chi connectivity index (χ4n) is 2.35. The van der Waals surface area contributed by atoms with Gasteiger partial charge in [-0.2, -0.15) is 0 Å². The van der Waals surface area contributed by atoms with Crippen LogP contribution in [-0.2, 0) is 0 Å². The molecule has 0 bridgehead atoms. The van der Waals surface area contributed by atoms with Crippen LogP contribution in [0.2, 0.25) is 5.15 Å². The molecule has 0 radical (unpaired) electrons. The van der Waals surface area contributed by atoms with E-state index in [0.717, 1.165) is 18.9 Å². The summed E-state index contributed by atoms with van der Waals surface area (Å²) < 4.78 is 0. The predicted molar refractivity (Wildman–Crippen MR) is 72.5 cm³/mol. The number of anilines is 2. The van der Waals surface area contributed by atoms with Gasteiger partial charge in [0.05, 0.1) is 0 Å². The molecule has 1 aliphatic heterocycles. The highest BCUT2D eigenvalue weighted by molar-refractivity contribution is 6.29. The Bertz CT molecular complexity index is 376. The van der Waals surface area contributed by atoms with Crippen molar-refractivity contribution in [3.05, 3.63) is 17.3 Å². The second-order valence-corrected chi connectivity index (χ2v) is 5.27. The van der Waals surface area contributed by atoms with Gasteiger partial charge in [0.1, 0.15) is 11.0 Å². The van der Waals surface area contributed by atoms with Crippen LogP contribution in [-0.4, -0.2) is 43.6 Å². The van der Waals surface area contributed by atoms with E-state index in [9.17, 15) is 0 Å². The molecule has 1 atom stereocenters. The Balaban J connectivity index is 2.01. The van der Waals surface area contributed by atoms with Crippen LogP contribution in [0.25, 0.3) is 0 Å². The van der Waals surface area contributed by atoms with E-state index in [2.05, 4.69) is 21.8 Å². The number of nitrogen functional groups attached to an aromatic ring is 1. The summed E-state index contributed by atoms with van der Waals surface area (Å²) in [6, 6.07) is 3.53. The van der Waals surface area contributed by atoms with E-state index in [-0.39, 0.29) is 0 Å². The number of halogens is 1. The van der Waals surface area contributed by atoms with E-state index in [0.29, 0.717) is 16.8 Å². The minimum Gasteiger partial charge on any atom is -0.399 e. The summed E-state index contributed by atoms with van der Waals surface area (Å²) in [6.07, 6.45) is 1.25. The van der Waals surface area contributed by atoms with Gasteiger partial charge >= 0.3 is 0 Å². The van der Waals surface area contributed by atoms with Gasteiger partial charge < -0.3 is 15.5 Å². The minimum absolute atomic E-state index is 0.454. The summed E-state index contributed by atoms with van der Waals surface area (Å²) in [4.78, 5) is 8.78. The Labute approximate surface area is 107 Å². The lowest BCUT2D eigenvalue weighted by Gasteiger charge is -2.22. The van der Waals surface area contributed by atoms with Crippen LogP contribution in [0.15, 0.2) is 12.1 Å². The quantitative estimate of drug-likeness (QED) is 0.835. The molecular formula is C12H19ClN4. The zero-order valence-electron chi connectivity index (χ0n) is 10.4. The Morgan fingerprint density at radius 3 is 2.94 bits per heavy atom. The Morgan fingerprint density at radius 2 is 2.35 bits per heavy atom. The third-order valence-corrected chi connectivity index (χ3v) is 3.41. The maximum atomic E-state index is 5.91. The first-order valence-electron chi connectivity index (χ1n) is 5.87. The number of pyridine rings is 1. The van der Waals surface area contributed by atoms with Crippen molar-refractivity contribution >= 4 is 23.1 Å². The predicted octanol–water partition coefficient (Wildman–Crippen LogP) is 1.71. The topological polar surface area (TPSA) is 45.4 Å². The van der Waals surface area contributed by atoms with E-state index < -0.39 is 0 Å². The Morgan fingerprint density at radius 1 is 1.59 bits per heavy atom. The van der Waals surface area contributed by atoms with Crippen molar-refractivity contribution in [2.24, 2.45) is 5.92 Å². The second kappa shape index (κ2) is 5.10. The molecule has 1 aromatic heterocycles. The van der Waals surface area contributed by atoms with E-state index >= 15 is 0 Å². The van der Waals surface area contributed by atoms with Crippen molar-refractivity contribution in [1.82, 2.24) is 9.88 Å². The first kappa shape index (κ1) is 12.5. The highest BCUT2D eigenvalue weighted by atomic mass is 35.5. The zero-order valence-corrected chi connectivity index (χ0v) is 11.1. The van der Waals surface area contributed by atoms with Gasteiger partial charge in [-0.05, 0) is 32.0 Å². The molecule has 5 heteroatoms. The van der Waals surface area contributed by atoms with Crippen LogP contribution in [0.1, 0.15) is 6.42 Å². The lowest BCUT2D eigenvalue weighted by Crippen LogP contribution is -2.27. The maximum absolute atomic E-state index is 5.91. The third kappa shape index (κ3) is 3.23. The van der Waals surface area contributed by atoms with E-state index in [4.69, 9.17) is 17.3 Å². The van der Waals surface area contributed by atoms with Crippen molar-refractivity contribution in [1.29, 1.82) is 0 Å². The fraction of sp³-hybridized carbons (Fsp3) is 0.583. The van der Waals surface area contributed by atoms with Crippen LogP contribution in [0.4, 0.5) is 11.5 Å². The van der Waals surface area contributed by atoms with Crippen molar-refractivity contribution in [2.75, 3.05) is 44.4 Å². The van der Waals surface area contributed by atoms with Crippen molar-refractivity contribution < 1.29 is 0 Å². The lowest BCUT2D eigenvalue weighted by atomic mass is 10.1. The van der Waals surface area contributed by atoms with Crippen LogP contribution in [0.3, 0.4) is 0 Å². The van der Waals surface area contributed by atoms with Crippen molar-refractivity contribution in [3.8, 4) is 0 Å². The first-order chi connectivity index (χ1) is 8.04. The van der Waals surface area contributed by atoms with Gasteiger partial charge in [-0.15, -0.1) is 0 Å². The average Bonchev–Trinajstić information content (AvgIpc) is 2.62.